The number of hydrogen-bond donors (Lipinski definition) is 1. The van der Waals surface area contributed by atoms with E-state index in [1.54, 1.807) is 13.8 Å². The molecule has 0 aromatic rings. The lowest BCUT2D eigenvalue weighted by Gasteiger charge is -2.26. The van der Waals surface area contributed by atoms with Gasteiger partial charge in [0.1, 0.15) is 6.04 Å². The van der Waals surface area contributed by atoms with Crippen LogP contribution in [0, 0.1) is 0 Å². The van der Waals surface area contributed by atoms with Crippen molar-refractivity contribution in [2.24, 2.45) is 0 Å². The van der Waals surface area contributed by atoms with Gasteiger partial charge in [0.2, 0.25) is 0 Å². The van der Waals surface area contributed by atoms with Gasteiger partial charge in [0.15, 0.2) is 0 Å². The molecule has 0 aromatic carbocycles. The zero-order valence-electron chi connectivity index (χ0n) is 10.4. The Morgan fingerprint density at radius 2 is 1.93 bits per heavy atom. The summed E-state index contributed by atoms with van der Waals surface area (Å²) >= 11 is 0. The maximum atomic E-state index is 11.3. The van der Waals surface area contributed by atoms with Crippen molar-refractivity contribution in [2.75, 3.05) is 19.8 Å². The predicted octanol–water partition coefficient (Wildman–Crippen LogP) is 1.34. The lowest BCUT2D eigenvalue weighted by Crippen LogP contribution is -2.44. The van der Waals surface area contributed by atoms with Gasteiger partial charge < -0.3 is 14.8 Å². The second-order valence-electron chi connectivity index (χ2n) is 4.05. The lowest BCUT2D eigenvalue weighted by atomic mass is 10.1. The molecule has 1 unspecified atom stereocenters. The van der Waals surface area contributed by atoms with E-state index in [4.69, 9.17) is 9.47 Å². The number of rotatable bonds is 7. The molecule has 0 saturated carbocycles. The van der Waals surface area contributed by atoms with Gasteiger partial charge in [0.25, 0.3) is 0 Å². The van der Waals surface area contributed by atoms with E-state index in [9.17, 15) is 4.79 Å². The topological polar surface area (TPSA) is 47.6 Å². The van der Waals surface area contributed by atoms with Gasteiger partial charge in [-0.3, -0.25) is 4.79 Å². The monoisotopic (exact) mass is 217 g/mol. The smallest absolute Gasteiger partial charge is 0.322 e. The number of nitrogens with one attached hydrogen (secondary N) is 1. The summed E-state index contributed by atoms with van der Waals surface area (Å²) in [5.74, 6) is -0.218. The van der Waals surface area contributed by atoms with Crippen molar-refractivity contribution in [1.82, 2.24) is 5.32 Å². The third-order valence-electron chi connectivity index (χ3n) is 2.01. The second kappa shape index (κ2) is 6.80. The maximum Gasteiger partial charge on any atom is 0.322 e. The number of hydrogen-bond acceptors (Lipinski definition) is 4. The third kappa shape index (κ3) is 6.47. The predicted molar refractivity (Wildman–Crippen MR) is 59.8 cm³/mol. The highest BCUT2D eigenvalue weighted by Gasteiger charge is 2.21. The van der Waals surface area contributed by atoms with Gasteiger partial charge in [0.05, 0.1) is 12.2 Å². The van der Waals surface area contributed by atoms with Crippen molar-refractivity contribution in [3.8, 4) is 0 Å². The molecule has 90 valence electrons. The van der Waals surface area contributed by atoms with Gasteiger partial charge in [-0.05, 0) is 34.6 Å². The normalized spacial score (nSPS) is 13.7. The summed E-state index contributed by atoms with van der Waals surface area (Å²) in [5, 5.41) is 3.09. The van der Waals surface area contributed by atoms with Crippen LogP contribution in [0.2, 0.25) is 0 Å². The first-order valence-corrected chi connectivity index (χ1v) is 5.47. The minimum absolute atomic E-state index is 0.218. The minimum atomic E-state index is -0.287. The van der Waals surface area contributed by atoms with Crippen LogP contribution in [0.3, 0.4) is 0 Å². The van der Waals surface area contributed by atoms with Crippen LogP contribution in [-0.2, 0) is 14.3 Å². The Morgan fingerprint density at radius 1 is 1.33 bits per heavy atom. The highest BCUT2D eigenvalue weighted by Crippen LogP contribution is 2.07. The van der Waals surface area contributed by atoms with Crippen molar-refractivity contribution in [3.05, 3.63) is 0 Å². The zero-order chi connectivity index (χ0) is 11.9. The first-order chi connectivity index (χ1) is 6.93. The van der Waals surface area contributed by atoms with E-state index in [0.29, 0.717) is 19.8 Å². The third-order valence-corrected chi connectivity index (χ3v) is 2.01. The van der Waals surface area contributed by atoms with E-state index in [1.165, 1.54) is 0 Å². The fraction of sp³-hybridized carbons (Fsp3) is 0.909. The summed E-state index contributed by atoms with van der Waals surface area (Å²) < 4.78 is 10.4. The Morgan fingerprint density at radius 3 is 2.40 bits per heavy atom. The Hall–Kier alpha value is -0.610. The summed E-state index contributed by atoms with van der Waals surface area (Å²) in [7, 11) is 0. The van der Waals surface area contributed by atoms with Gasteiger partial charge in [-0.1, -0.05) is 0 Å². The molecule has 0 bridgehead atoms. The minimum Gasteiger partial charge on any atom is -0.465 e. The number of carbonyl (C=O) groups is 1. The molecule has 0 aliphatic heterocycles. The molecular formula is C11H23NO3. The van der Waals surface area contributed by atoms with Crippen LogP contribution < -0.4 is 5.32 Å². The first-order valence-electron chi connectivity index (χ1n) is 5.47. The van der Waals surface area contributed by atoms with E-state index < -0.39 is 0 Å². The molecule has 4 nitrogen and oxygen atoms in total. The summed E-state index contributed by atoms with van der Waals surface area (Å²) in [5.41, 5.74) is -0.254. The quantitative estimate of drug-likeness (QED) is 0.654. The van der Waals surface area contributed by atoms with Gasteiger partial charge in [0, 0.05) is 13.2 Å². The molecule has 0 aliphatic carbocycles. The average molecular weight is 217 g/mol. The van der Waals surface area contributed by atoms with Crippen LogP contribution >= 0.6 is 0 Å². The van der Waals surface area contributed by atoms with Crippen molar-refractivity contribution in [2.45, 2.75) is 46.3 Å². The fourth-order valence-electron chi connectivity index (χ4n) is 1.19. The summed E-state index contributed by atoms with van der Waals surface area (Å²) in [6, 6.07) is -0.287. The van der Waals surface area contributed by atoms with Crippen LogP contribution in [-0.4, -0.2) is 37.4 Å². The van der Waals surface area contributed by atoms with Crippen LogP contribution in [0.25, 0.3) is 0 Å². The van der Waals surface area contributed by atoms with Crippen molar-refractivity contribution < 1.29 is 14.3 Å². The Bertz CT molecular complexity index is 192. The van der Waals surface area contributed by atoms with Gasteiger partial charge in [-0.2, -0.15) is 0 Å². The molecule has 1 atom stereocenters. The highest BCUT2D eigenvalue weighted by molar-refractivity contribution is 5.75. The first kappa shape index (κ1) is 14.4. The lowest BCUT2D eigenvalue weighted by molar-refractivity contribution is -0.145. The van der Waals surface area contributed by atoms with Gasteiger partial charge in [-0.25, -0.2) is 0 Å². The van der Waals surface area contributed by atoms with Crippen LogP contribution in [0.4, 0.5) is 0 Å². The van der Waals surface area contributed by atoms with Gasteiger partial charge >= 0.3 is 5.97 Å². The van der Waals surface area contributed by atoms with E-state index in [-0.39, 0.29) is 17.6 Å². The molecule has 0 aliphatic rings. The van der Waals surface area contributed by atoms with Gasteiger partial charge in [-0.15, -0.1) is 0 Å². The van der Waals surface area contributed by atoms with Crippen molar-refractivity contribution >= 4 is 5.97 Å². The molecule has 0 spiro atoms. The van der Waals surface area contributed by atoms with E-state index in [0.717, 1.165) is 0 Å². The molecular weight excluding hydrogens is 194 g/mol. The molecule has 0 amide bonds. The Kier molecular flexibility index (Phi) is 6.52. The Labute approximate surface area is 92.3 Å². The standard InChI is InChI=1S/C11H23NO3/c1-6-14-10(13)9(3)12-8-11(4,5)15-7-2/h9,12H,6-8H2,1-5H3. The van der Waals surface area contributed by atoms with Crippen LogP contribution in [0.5, 0.6) is 0 Å². The van der Waals surface area contributed by atoms with Crippen LogP contribution in [0.1, 0.15) is 34.6 Å². The van der Waals surface area contributed by atoms with E-state index >= 15 is 0 Å². The molecule has 0 fully saturated rings. The number of ether oxygens (including phenoxy) is 2. The molecule has 15 heavy (non-hydrogen) atoms. The van der Waals surface area contributed by atoms with Crippen molar-refractivity contribution in [3.63, 3.8) is 0 Å². The zero-order valence-corrected chi connectivity index (χ0v) is 10.4. The average Bonchev–Trinajstić information content (AvgIpc) is 2.14. The second-order valence-corrected chi connectivity index (χ2v) is 4.05. The largest absolute Gasteiger partial charge is 0.465 e. The summed E-state index contributed by atoms with van der Waals surface area (Å²) in [6.07, 6.45) is 0. The summed E-state index contributed by atoms with van der Waals surface area (Å²) in [6.45, 7) is 11.2. The maximum absolute atomic E-state index is 11.3. The SMILES string of the molecule is CCOC(=O)C(C)NCC(C)(C)OCC. The number of esters is 1. The molecule has 4 heteroatoms. The molecule has 0 rings (SSSR count). The molecule has 0 aromatic heterocycles. The van der Waals surface area contributed by atoms with E-state index in [1.807, 2.05) is 20.8 Å². The highest BCUT2D eigenvalue weighted by atomic mass is 16.5. The van der Waals surface area contributed by atoms with E-state index in [2.05, 4.69) is 5.32 Å². The summed E-state index contributed by atoms with van der Waals surface area (Å²) in [4.78, 5) is 11.3. The molecule has 0 radical (unpaired) electrons. The molecule has 0 saturated heterocycles. The number of carbonyl (C=O) groups excluding carboxylic acids is 1. The van der Waals surface area contributed by atoms with Crippen LogP contribution in [0.15, 0.2) is 0 Å². The van der Waals surface area contributed by atoms with Crippen molar-refractivity contribution in [1.29, 1.82) is 0 Å². The molecule has 1 N–H and O–H groups in total. The molecule has 0 heterocycles. The Balaban J connectivity index is 3.88. The fourth-order valence-corrected chi connectivity index (χ4v) is 1.19.